The molecule has 0 aliphatic carbocycles. The van der Waals surface area contributed by atoms with E-state index in [-0.39, 0.29) is 5.91 Å². The Morgan fingerprint density at radius 2 is 2.03 bits per heavy atom. The zero-order chi connectivity index (χ0) is 24.3. The number of fused-ring (bicyclic) bond motifs is 1. The van der Waals surface area contributed by atoms with Gasteiger partial charge in [-0.05, 0) is 80.1 Å². The molecule has 1 amide bonds. The van der Waals surface area contributed by atoms with Crippen molar-refractivity contribution in [2.24, 2.45) is 5.41 Å². The molecule has 8 heteroatoms. The number of aromatic nitrogens is 2. The van der Waals surface area contributed by atoms with Crippen molar-refractivity contribution < 1.29 is 14.3 Å². The van der Waals surface area contributed by atoms with Crippen LogP contribution in [0.1, 0.15) is 32.6 Å². The second-order valence-electron chi connectivity index (χ2n) is 9.61. The number of hydrogen-bond donors (Lipinski definition) is 0. The van der Waals surface area contributed by atoms with Gasteiger partial charge in [0.2, 0.25) is 5.91 Å². The number of piperidine rings is 2. The average molecular weight is 493 g/mol. The number of pyridine rings is 1. The lowest BCUT2D eigenvalue weighted by Crippen LogP contribution is -2.48. The second kappa shape index (κ2) is 10.3. The molecular formula is C27H32N4O3S. The van der Waals surface area contributed by atoms with Crippen LogP contribution in [0.25, 0.3) is 10.3 Å². The lowest BCUT2D eigenvalue weighted by molar-refractivity contribution is -0.131. The highest BCUT2D eigenvalue weighted by Crippen LogP contribution is 2.41. The van der Waals surface area contributed by atoms with Crippen LogP contribution in [0.3, 0.4) is 0 Å². The first-order valence-electron chi connectivity index (χ1n) is 12.3. The van der Waals surface area contributed by atoms with E-state index < -0.39 is 0 Å². The fourth-order valence-corrected chi connectivity index (χ4v) is 5.94. The number of thiazole rings is 1. The molecule has 5 rings (SSSR count). The molecule has 2 fully saturated rings. The molecule has 0 radical (unpaired) electrons. The molecule has 1 spiro atoms. The van der Waals surface area contributed by atoms with Crippen molar-refractivity contribution in [1.82, 2.24) is 19.8 Å². The average Bonchev–Trinajstić information content (AvgIpc) is 3.47. The van der Waals surface area contributed by atoms with Gasteiger partial charge in [-0.1, -0.05) is 24.0 Å². The van der Waals surface area contributed by atoms with Gasteiger partial charge in [-0.25, -0.2) is 4.98 Å². The largest absolute Gasteiger partial charge is 0.492 e. The Hall–Kier alpha value is -2.97. The van der Waals surface area contributed by atoms with Crippen molar-refractivity contribution in [3.8, 4) is 5.19 Å². The Labute approximate surface area is 210 Å². The van der Waals surface area contributed by atoms with Crippen LogP contribution in [-0.2, 0) is 9.53 Å². The first-order chi connectivity index (χ1) is 17.0. The number of carbonyl (C=O) groups excluding carboxylic acids is 1. The first kappa shape index (κ1) is 23.8. The van der Waals surface area contributed by atoms with Crippen LogP contribution in [0.2, 0.25) is 0 Å². The van der Waals surface area contributed by atoms with Crippen molar-refractivity contribution >= 4 is 27.6 Å². The number of nitrogens with zero attached hydrogens (tertiary/aromatic N) is 4. The number of rotatable bonds is 6. The first-order valence-corrected chi connectivity index (χ1v) is 13.1. The molecule has 35 heavy (non-hydrogen) atoms. The van der Waals surface area contributed by atoms with E-state index >= 15 is 0 Å². The van der Waals surface area contributed by atoms with Crippen molar-refractivity contribution in [2.45, 2.75) is 32.6 Å². The van der Waals surface area contributed by atoms with Gasteiger partial charge in [0.05, 0.1) is 11.2 Å². The monoisotopic (exact) mass is 492 g/mol. The standard InChI is InChI=1S/C27H32N4O3S/c1-3-5-22(34-26-29-25-24(35-26)6-4-11-28-25)16-21-17-23(33-19-21)18-30-12-7-27(8-13-30)9-14-31(15-10-27)20(2)32/h3-6,11,16-17H,1,7-10,12-15,18-19H2,2H3/b21-16-,22-5+. The summed E-state index contributed by atoms with van der Waals surface area (Å²) in [6, 6.07) is 3.88. The number of allylic oxidation sites excluding steroid dienone is 3. The smallest absolute Gasteiger partial charge is 0.281 e. The van der Waals surface area contributed by atoms with E-state index in [2.05, 4.69) is 27.5 Å². The Morgan fingerprint density at radius 1 is 1.26 bits per heavy atom. The fraction of sp³-hybridized carbons (Fsp3) is 0.444. The third-order valence-corrected chi connectivity index (χ3v) is 8.18. The van der Waals surface area contributed by atoms with Gasteiger partial charge in [0.25, 0.3) is 5.19 Å². The molecule has 0 aromatic carbocycles. The van der Waals surface area contributed by atoms with Gasteiger partial charge in [0, 0.05) is 26.2 Å². The van der Waals surface area contributed by atoms with Crippen LogP contribution in [0.5, 0.6) is 5.19 Å². The van der Waals surface area contributed by atoms with E-state index in [1.54, 1.807) is 19.2 Å². The van der Waals surface area contributed by atoms with E-state index in [0.717, 1.165) is 61.6 Å². The molecule has 0 atom stereocenters. The summed E-state index contributed by atoms with van der Waals surface area (Å²) in [4.78, 5) is 24.9. The summed E-state index contributed by atoms with van der Waals surface area (Å²) in [5.41, 5.74) is 2.17. The summed E-state index contributed by atoms with van der Waals surface area (Å²) in [7, 11) is 0. The lowest BCUT2D eigenvalue weighted by atomic mass is 9.71. The van der Waals surface area contributed by atoms with Gasteiger partial charge < -0.3 is 14.4 Å². The summed E-state index contributed by atoms with van der Waals surface area (Å²) in [5.74, 6) is 1.88. The van der Waals surface area contributed by atoms with Crippen LogP contribution in [0.4, 0.5) is 0 Å². The number of amides is 1. The third-order valence-electron chi connectivity index (χ3n) is 7.30. The van der Waals surface area contributed by atoms with Crippen LogP contribution in [-0.4, -0.2) is 65.0 Å². The topological polar surface area (TPSA) is 67.8 Å². The molecule has 0 N–H and O–H groups in total. The molecule has 2 aromatic rings. The summed E-state index contributed by atoms with van der Waals surface area (Å²) in [6.07, 6.45) is 14.1. The molecule has 2 saturated heterocycles. The van der Waals surface area contributed by atoms with Crippen LogP contribution >= 0.6 is 11.3 Å². The van der Waals surface area contributed by atoms with E-state index in [4.69, 9.17) is 9.47 Å². The van der Waals surface area contributed by atoms with Gasteiger partial charge in [0.1, 0.15) is 18.1 Å². The Kier molecular flexibility index (Phi) is 7.02. The van der Waals surface area contributed by atoms with Crippen LogP contribution in [0, 0.1) is 5.41 Å². The minimum absolute atomic E-state index is 0.208. The Morgan fingerprint density at radius 3 is 2.74 bits per heavy atom. The fourth-order valence-electron chi connectivity index (χ4n) is 5.15. The molecule has 0 bridgehead atoms. The normalized spacial score (nSPS) is 21.9. The van der Waals surface area contributed by atoms with Gasteiger partial charge in [0.15, 0.2) is 5.65 Å². The maximum absolute atomic E-state index is 11.6. The van der Waals surface area contributed by atoms with Gasteiger partial charge in [-0.3, -0.25) is 9.69 Å². The predicted molar refractivity (Wildman–Crippen MR) is 138 cm³/mol. The van der Waals surface area contributed by atoms with E-state index in [1.165, 1.54) is 24.2 Å². The lowest BCUT2D eigenvalue weighted by Gasteiger charge is -2.46. The van der Waals surface area contributed by atoms with Crippen molar-refractivity contribution in [3.63, 3.8) is 0 Å². The molecular weight excluding hydrogens is 460 g/mol. The van der Waals surface area contributed by atoms with Gasteiger partial charge >= 0.3 is 0 Å². The number of hydrogen-bond acceptors (Lipinski definition) is 7. The SMILES string of the molecule is C=C/C=C(\C=C1\C=C(CN2CCC3(CC2)CCN(C(C)=O)CC3)OC1)Oc1nc2ncccc2s1. The molecule has 3 aliphatic rings. The second-order valence-corrected chi connectivity index (χ2v) is 10.6. The summed E-state index contributed by atoms with van der Waals surface area (Å²) in [5, 5.41) is 0.558. The quantitative estimate of drug-likeness (QED) is 0.430. The van der Waals surface area contributed by atoms with Gasteiger partial charge in [-0.15, -0.1) is 0 Å². The Balaban J connectivity index is 1.16. The molecule has 184 valence electrons. The molecule has 7 nitrogen and oxygen atoms in total. The van der Waals surface area contributed by atoms with Crippen molar-refractivity contribution in [3.05, 3.63) is 66.3 Å². The third kappa shape index (κ3) is 5.65. The zero-order valence-corrected chi connectivity index (χ0v) is 21.1. The van der Waals surface area contributed by atoms with Crippen molar-refractivity contribution in [2.75, 3.05) is 39.3 Å². The molecule has 2 aromatic heterocycles. The molecule has 3 aliphatic heterocycles. The minimum atomic E-state index is 0.208. The van der Waals surface area contributed by atoms with E-state index in [0.29, 0.717) is 28.6 Å². The maximum Gasteiger partial charge on any atom is 0.281 e. The highest BCUT2D eigenvalue weighted by Gasteiger charge is 2.38. The van der Waals surface area contributed by atoms with Crippen LogP contribution in [0.15, 0.2) is 66.3 Å². The number of likely N-dealkylation sites (tertiary alicyclic amines) is 2. The highest BCUT2D eigenvalue weighted by molar-refractivity contribution is 7.20. The zero-order valence-electron chi connectivity index (χ0n) is 20.2. The molecule has 0 saturated carbocycles. The molecule has 5 heterocycles. The predicted octanol–water partition coefficient (Wildman–Crippen LogP) is 4.71. The number of ether oxygens (including phenoxy) is 2. The van der Waals surface area contributed by atoms with Gasteiger partial charge in [-0.2, -0.15) is 4.98 Å². The molecule has 0 unspecified atom stereocenters. The summed E-state index contributed by atoms with van der Waals surface area (Å²) in [6.45, 7) is 10.8. The highest BCUT2D eigenvalue weighted by atomic mass is 32.1. The van der Waals surface area contributed by atoms with E-state index in [1.807, 2.05) is 29.2 Å². The van der Waals surface area contributed by atoms with Crippen LogP contribution < -0.4 is 4.74 Å². The van der Waals surface area contributed by atoms with Crippen molar-refractivity contribution in [1.29, 1.82) is 0 Å². The Bertz CT molecular complexity index is 1150. The maximum atomic E-state index is 11.6. The van der Waals surface area contributed by atoms with E-state index in [9.17, 15) is 4.79 Å². The minimum Gasteiger partial charge on any atom is -0.492 e. The number of carbonyl (C=O) groups is 1. The summed E-state index contributed by atoms with van der Waals surface area (Å²) < 4.78 is 13.0. The summed E-state index contributed by atoms with van der Waals surface area (Å²) >= 11 is 1.47.